The van der Waals surface area contributed by atoms with Crippen molar-refractivity contribution < 1.29 is 9.53 Å². The Hall–Kier alpha value is -2.60. The molecule has 3 nitrogen and oxygen atoms in total. The summed E-state index contributed by atoms with van der Waals surface area (Å²) in [5.74, 6) is -0.443. The highest BCUT2D eigenvalue weighted by Crippen LogP contribution is 2.10. The largest absolute Gasteiger partial charge is 0.443 e. The number of esters is 1. The number of carbonyl (C=O) groups excluding carboxylic acids is 1. The number of rotatable bonds is 6. The Morgan fingerprint density at radius 3 is 2.29 bits per heavy atom. The highest BCUT2D eigenvalue weighted by molar-refractivity contribution is 5.89. The van der Waals surface area contributed by atoms with Gasteiger partial charge in [0.05, 0.1) is 5.56 Å². The minimum absolute atomic E-state index is 0.443. The van der Waals surface area contributed by atoms with E-state index in [1.165, 1.54) is 5.56 Å². The average Bonchev–Trinajstić information content (AvgIpc) is 2.55. The lowest BCUT2D eigenvalue weighted by atomic mass is 10.1. The molecule has 0 heterocycles. The molecule has 1 unspecified atom stereocenters. The summed E-state index contributed by atoms with van der Waals surface area (Å²) in [6, 6.07) is 20.8. The van der Waals surface area contributed by atoms with Crippen LogP contribution in [0.4, 0.5) is 0 Å². The molecule has 0 N–H and O–H groups in total. The Bertz CT molecular complexity index is 602. The number of carbonyl (C=O) groups is 1. The normalized spacial score (nSPS) is 11.4. The summed E-state index contributed by atoms with van der Waals surface area (Å²) in [6.45, 7) is 0. The second kappa shape index (κ2) is 7.86. The zero-order chi connectivity index (χ0) is 14.9. The van der Waals surface area contributed by atoms with Crippen molar-refractivity contribution in [1.82, 2.24) is 0 Å². The molecule has 0 aliphatic carbocycles. The van der Waals surface area contributed by atoms with Crippen LogP contribution < -0.4 is 0 Å². The summed E-state index contributed by atoms with van der Waals surface area (Å²) < 4.78 is 5.22. The van der Waals surface area contributed by atoms with Gasteiger partial charge in [-0.05, 0) is 37.0 Å². The first-order valence-corrected chi connectivity index (χ1v) is 6.99. The fourth-order valence-corrected chi connectivity index (χ4v) is 2.06. The van der Waals surface area contributed by atoms with Crippen LogP contribution in [-0.2, 0) is 11.2 Å². The van der Waals surface area contributed by atoms with Crippen LogP contribution in [0.2, 0.25) is 0 Å². The Morgan fingerprint density at radius 1 is 1.05 bits per heavy atom. The fraction of sp³-hybridized carbons (Fsp3) is 0.222. The van der Waals surface area contributed by atoms with Crippen LogP contribution in [-0.4, -0.2) is 12.1 Å². The van der Waals surface area contributed by atoms with E-state index in [4.69, 9.17) is 10.00 Å². The summed E-state index contributed by atoms with van der Waals surface area (Å²) in [7, 11) is 0. The molecule has 2 rings (SSSR count). The van der Waals surface area contributed by atoms with Crippen molar-refractivity contribution >= 4 is 5.97 Å². The first-order valence-electron chi connectivity index (χ1n) is 6.99. The zero-order valence-electron chi connectivity index (χ0n) is 11.7. The summed E-state index contributed by atoms with van der Waals surface area (Å²) in [5.41, 5.74) is 1.70. The van der Waals surface area contributed by atoms with E-state index < -0.39 is 12.1 Å². The van der Waals surface area contributed by atoms with Crippen molar-refractivity contribution in [2.45, 2.75) is 25.4 Å². The molecule has 0 saturated carbocycles. The SMILES string of the molecule is N#CC(CCCc1ccccc1)OC(=O)c1ccccc1. The molecule has 0 radical (unpaired) electrons. The first kappa shape index (κ1) is 14.8. The standard InChI is InChI=1S/C18H17NO2/c19-14-17(13-7-10-15-8-3-1-4-9-15)21-18(20)16-11-5-2-6-12-16/h1-6,8-9,11-12,17H,7,10,13H2. The fourth-order valence-electron chi connectivity index (χ4n) is 2.06. The van der Waals surface area contributed by atoms with Crippen molar-refractivity contribution in [3.8, 4) is 6.07 Å². The molecule has 0 bridgehead atoms. The topological polar surface area (TPSA) is 50.1 Å². The number of aryl methyl sites for hydroxylation is 1. The van der Waals surface area contributed by atoms with Crippen LogP contribution in [0.15, 0.2) is 60.7 Å². The summed E-state index contributed by atoms with van der Waals surface area (Å²) >= 11 is 0. The maximum Gasteiger partial charge on any atom is 0.339 e. The van der Waals surface area contributed by atoms with Crippen molar-refractivity contribution in [2.24, 2.45) is 0 Å². The van der Waals surface area contributed by atoms with Crippen LogP contribution in [0.3, 0.4) is 0 Å². The zero-order valence-corrected chi connectivity index (χ0v) is 11.7. The average molecular weight is 279 g/mol. The number of ether oxygens (including phenoxy) is 1. The van der Waals surface area contributed by atoms with Crippen LogP contribution in [0.5, 0.6) is 0 Å². The van der Waals surface area contributed by atoms with Gasteiger partial charge in [0.25, 0.3) is 0 Å². The molecular weight excluding hydrogens is 262 g/mol. The summed E-state index contributed by atoms with van der Waals surface area (Å²) in [5, 5.41) is 9.09. The smallest absolute Gasteiger partial charge is 0.339 e. The monoisotopic (exact) mass is 279 g/mol. The van der Waals surface area contributed by atoms with Gasteiger partial charge in [-0.3, -0.25) is 0 Å². The van der Waals surface area contributed by atoms with Gasteiger partial charge in [-0.15, -0.1) is 0 Å². The van der Waals surface area contributed by atoms with E-state index in [2.05, 4.69) is 12.1 Å². The van der Waals surface area contributed by atoms with Gasteiger partial charge in [-0.2, -0.15) is 5.26 Å². The number of hydrogen-bond acceptors (Lipinski definition) is 3. The maximum absolute atomic E-state index is 11.9. The van der Waals surface area contributed by atoms with Gasteiger partial charge in [0.1, 0.15) is 6.07 Å². The molecule has 0 aliphatic heterocycles. The van der Waals surface area contributed by atoms with Gasteiger partial charge in [-0.1, -0.05) is 48.5 Å². The molecule has 0 spiro atoms. The van der Waals surface area contributed by atoms with E-state index >= 15 is 0 Å². The third-order valence-corrected chi connectivity index (χ3v) is 3.18. The highest BCUT2D eigenvalue weighted by Gasteiger charge is 2.14. The molecule has 0 amide bonds. The molecule has 0 saturated heterocycles. The lowest BCUT2D eigenvalue weighted by Gasteiger charge is -2.11. The van der Waals surface area contributed by atoms with Crippen molar-refractivity contribution in [2.75, 3.05) is 0 Å². The molecule has 1 atom stereocenters. The molecule has 0 aromatic heterocycles. The maximum atomic E-state index is 11.9. The third-order valence-electron chi connectivity index (χ3n) is 3.18. The van der Waals surface area contributed by atoms with Gasteiger partial charge < -0.3 is 4.74 Å². The third kappa shape index (κ3) is 4.77. The molecule has 2 aromatic carbocycles. The molecule has 3 heteroatoms. The molecular formula is C18H17NO2. The predicted molar refractivity (Wildman–Crippen MR) is 80.6 cm³/mol. The Labute approximate surface area is 124 Å². The Morgan fingerprint density at radius 2 is 1.67 bits per heavy atom. The highest BCUT2D eigenvalue weighted by atomic mass is 16.5. The van der Waals surface area contributed by atoms with Crippen LogP contribution in [0, 0.1) is 11.3 Å². The van der Waals surface area contributed by atoms with E-state index in [1.54, 1.807) is 24.3 Å². The number of nitrogens with zero attached hydrogens (tertiary/aromatic N) is 1. The van der Waals surface area contributed by atoms with E-state index in [-0.39, 0.29) is 0 Å². The number of hydrogen-bond donors (Lipinski definition) is 0. The second-order valence-electron chi connectivity index (χ2n) is 4.77. The van der Waals surface area contributed by atoms with Crippen LogP contribution >= 0.6 is 0 Å². The number of benzene rings is 2. The van der Waals surface area contributed by atoms with E-state index in [1.807, 2.05) is 30.3 Å². The van der Waals surface area contributed by atoms with Crippen molar-refractivity contribution in [3.63, 3.8) is 0 Å². The van der Waals surface area contributed by atoms with Gasteiger partial charge in [-0.25, -0.2) is 4.79 Å². The first-order chi connectivity index (χ1) is 10.3. The van der Waals surface area contributed by atoms with E-state index in [9.17, 15) is 4.79 Å². The van der Waals surface area contributed by atoms with Crippen LogP contribution in [0.25, 0.3) is 0 Å². The minimum atomic E-state index is -0.693. The minimum Gasteiger partial charge on any atom is -0.443 e. The van der Waals surface area contributed by atoms with Crippen molar-refractivity contribution in [1.29, 1.82) is 5.26 Å². The van der Waals surface area contributed by atoms with Gasteiger partial charge in [0.2, 0.25) is 0 Å². The molecule has 21 heavy (non-hydrogen) atoms. The lowest BCUT2D eigenvalue weighted by molar-refractivity contribution is 0.0390. The predicted octanol–water partition coefficient (Wildman–Crippen LogP) is 3.76. The number of nitriles is 1. The molecule has 2 aromatic rings. The van der Waals surface area contributed by atoms with Gasteiger partial charge in [0, 0.05) is 0 Å². The van der Waals surface area contributed by atoms with Crippen LogP contribution in [0.1, 0.15) is 28.8 Å². The molecule has 106 valence electrons. The van der Waals surface area contributed by atoms with Gasteiger partial charge in [0.15, 0.2) is 6.10 Å². The van der Waals surface area contributed by atoms with Crippen molar-refractivity contribution in [3.05, 3.63) is 71.8 Å². The Kier molecular flexibility index (Phi) is 5.54. The van der Waals surface area contributed by atoms with E-state index in [0.29, 0.717) is 12.0 Å². The molecule has 0 fully saturated rings. The lowest BCUT2D eigenvalue weighted by Crippen LogP contribution is -2.16. The van der Waals surface area contributed by atoms with Gasteiger partial charge >= 0.3 is 5.97 Å². The molecule has 0 aliphatic rings. The summed E-state index contributed by atoms with van der Waals surface area (Å²) in [6.07, 6.45) is 1.54. The van der Waals surface area contributed by atoms with E-state index in [0.717, 1.165) is 12.8 Å². The quantitative estimate of drug-likeness (QED) is 0.756. The Balaban J connectivity index is 1.81. The second-order valence-corrected chi connectivity index (χ2v) is 4.77. The summed E-state index contributed by atoms with van der Waals surface area (Å²) in [4.78, 5) is 11.9.